The van der Waals surface area contributed by atoms with Gasteiger partial charge in [0.05, 0.1) is 0 Å². The Morgan fingerprint density at radius 2 is 1.25 bits per heavy atom. The highest BCUT2D eigenvalue weighted by atomic mass is 19.4. The second-order valence-corrected chi connectivity index (χ2v) is 3.03. The second-order valence-electron chi connectivity index (χ2n) is 3.03. The molecule has 1 nitrogen and oxygen atoms in total. The Labute approximate surface area is 87.1 Å². The molecule has 0 saturated heterocycles. The van der Waals surface area contributed by atoms with E-state index in [1.165, 1.54) is 23.5 Å². The Balaban J connectivity index is 2.89. The first-order valence-corrected chi connectivity index (χ1v) is 4.16. The molecule has 0 aromatic heterocycles. The smallest absolute Gasteiger partial charge is 0.367 e. The van der Waals surface area contributed by atoms with Crippen molar-refractivity contribution in [3.63, 3.8) is 0 Å². The molecule has 7 heteroatoms. The molecule has 1 aromatic rings. The van der Waals surface area contributed by atoms with Crippen LogP contribution >= 0.6 is 0 Å². The SMILES string of the molecule is FC(F)(F)C(Nc1ccccc1)C(F)(F)F. The predicted octanol–water partition coefficient (Wildman–Crippen LogP) is 3.59. The molecule has 0 aliphatic heterocycles. The quantitative estimate of drug-likeness (QED) is 0.782. The standard InChI is InChI=1S/C9H7F6N/c10-8(11,12)7(9(13,14)15)16-6-4-2-1-3-5-6/h1-5,7,16H. The topological polar surface area (TPSA) is 12.0 Å². The van der Waals surface area contributed by atoms with Gasteiger partial charge in [-0.1, -0.05) is 18.2 Å². The molecule has 90 valence electrons. The van der Waals surface area contributed by atoms with Gasteiger partial charge in [-0.3, -0.25) is 0 Å². The Kier molecular flexibility index (Phi) is 3.35. The van der Waals surface area contributed by atoms with Gasteiger partial charge in [-0.25, -0.2) is 0 Å². The van der Waals surface area contributed by atoms with E-state index in [9.17, 15) is 26.3 Å². The van der Waals surface area contributed by atoms with Crippen LogP contribution in [0.4, 0.5) is 32.0 Å². The number of halogens is 6. The minimum absolute atomic E-state index is 0.234. The Hall–Kier alpha value is -1.40. The summed E-state index contributed by atoms with van der Waals surface area (Å²) in [5.41, 5.74) is -0.234. The zero-order valence-corrected chi connectivity index (χ0v) is 7.73. The third kappa shape index (κ3) is 3.32. The van der Waals surface area contributed by atoms with E-state index < -0.39 is 18.4 Å². The molecule has 0 atom stereocenters. The number of alkyl halides is 6. The Bertz CT molecular complexity index is 314. The van der Waals surface area contributed by atoms with Gasteiger partial charge >= 0.3 is 12.4 Å². The summed E-state index contributed by atoms with van der Waals surface area (Å²) in [7, 11) is 0. The molecular weight excluding hydrogens is 236 g/mol. The molecule has 0 spiro atoms. The zero-order chi connectivity index (χ0) is 12.4. The fourth-order valence-electron chi connectivity index (χ4n) is 1.05. The van der Waals surface area contributed by atoms with Gasteiger partial charge in [0.25, 0.3) is 0 Å². The van der Waals surface area contributed by atoms with Crippen molar-refractivity contribution in [1.82, 2.24) is 0 Å². The number of rotatable bonds is 2. The van der Waals surface area contributed by atoms with Crippen LogP contribution in [0.15, 0.2) is 30.3 Å². The second kappa shape index (κ2) is 4.23. The van der Waals surface area contributed by atoms with Crippen LogP contribution in [-0.2, 0) is 0 Å². The molecule has 16 heavy (non-hydrogen) atoms. The first-order chi connectivity index (χ1) is 7.21. The van der Waals surface area contributed by atoms with Crippen molar-refractivity contribution in [3.8, 4) is 0 Å². The van der Waals surface area contributed by atoms with Gasteiger partial charge < -0.3 is 5.32 Å². The van der Waals surface area contributed by atoms with Crippen LogP contribution in [0.5, 0.6) is 0 Å². The summed E-state index contributed by atoms with van der Waals surface area (Å²) in [6.07, 6.45) is -10.8. The van der Waals surface area contributed by atoms with Crippen molar-refractivity contribution in [2.24, 2.45) is 0 Å². The summed E-state index contributed by atoms with van der Waals surface area (Å²) in [5, 5.41) is 1.41. The van der Waals surface area contributed by atoms with Gasteiger partial charge in [-0.2, -0.15) is 26.3 Å². The summed E-state index contributed by atoms with van der Waals surface area (Å²) in [4.78, 5) is 0. The van der Waals surface area contributed by atoms with Crippen molar-refractivity contribution in [3.05, 3.63) is 30.3 Å². The van der Waals surface area contributed by atoms with E-state index in [1.807, 2.05) is 0 Å². The molecule has 0 bridgehead atoms. The van der Waals surface area contributed by atoms with Gasteiger partial charge in [-0.05, 0) is 12.1 Å². The lowest BCUT2D eigenvalue weighted by Crippen LogP contribution is -2.47. The number of hydrogen-bond donors (Lipinski definition) is 1. The van der Waals surface area contributed by atoms with Crippen LogP contribution in [0.1, 0.15) is 0 Å². The predicted molar refractivity (Wildman–Crippen MR) is 46.0 cm³/mol. The molecule has 0 aliphatic carbocycles. The zero-order valence-electron chi connectivity index (χ0n) is 7.73. The molecule has 0 fully saturated rings. The van der Waals surface area contributed by atoms with Crippen LogP contribution in [0.3, 0.4) is 0 Å². The Morgan fingerprint density at radius 1 is 0.812 bits per heavy atom. The molecule has 0 heterocycles. The molecule has 0 saturated carbocycles. The first-order valence-electron chi connectivity index (χ1n) is 4.16. The lowest BCUT2D eigenvalue weighted by atomic mass is 10.2. The fraction of sp³-hybridized carbons (Fsp3) is 0.333. The molecule has 0 unspecified atom stereocenters. The number of nitrogens with one attached hydrogen (secondary N) is 1. The van der Waals surface area contributed by atoms with Crippen LogP contribution in [-0.4, -0.2) is 18.4 Å². The van der Waals surface area contributed by atoms with Crippen LogP contribution < -0.4 is 5.32 Å². The van der Waals surface area contributed by atoms with E-state index in [0.29, 0.717) is 0 Å². The maximum absolute atomic E-state index is 12.1. The van der Waals surface area contributed by atoms with Gasteiger partial charge in [0.15, 0.2) is 0 Å². The highest BCUT2D eigenvalue weighted by molar-refractivity contribution is 5.44. The van der Waals surface area contributed by atoms with E-state index in [4.69, 9.17) is 0 Å². The van der Waals surface area contributed by atoms with Gasteiger partial charge in [0, 0.05) is 5.69 Å². The van der Waals surface area contributed by atoms with E-state index in [2.05, 4.69) is 0 Å². The highest BCUT2D eigenvalue weighted by Crippen LogP contribution is 2.35. The minimum atomic E-state index is -5.38. The maximum Gasteiger partial charge on any atom is 0.417 e. The molecule has 1 rings (SSSR count). The number of anilines is 1. The van der Waals surface area contributed by atoms with E-state index in [1.54, 1.807) is 0 Å². The number of benzene rings is 1. The average molecular weight is 243 g/mol. The average Bonchev–Trinajstić information content (AvgIpc) is 2.12. The minimum Gasteiger partial charge on any atom is -0.367 e. The third-order valence-electron chi connectivity index (χ3n) is 1.74. The van der Waals surface area contributed by atoms with Crippen molar-refractivity contribution < 1.29 is 26.3 Å². The highest BCUT2D eigenvalue weighted by Gasteiger charge is 2.56. The molecule has 0 amide bonds. The summed E-state index contributed by atoms with van der Waals surface area (Å²) >= 11 is 0. The molecule has 1 aromatic carbocycles. The lowest BCUT2D eigenvalue weighted by Gasteiger charge is -2.24. The van der Waals surface area contributed by atoms with Gasteiger partial charge in [0.1, 0.15) is 0 Å². The monoisotopic (exact) mass is 243 g/mol. The van der Waals surface area contributed by atoms with Crippen molar-refractivity contribution in [2.45, 2.75) is 18.4 Å². The lowest BCUT2D eigenvalue weighted by molar-refractivity contribution is -0.242. The van der Waals surface area contributed by atoms with Crippen LogP contribution in [0.2, 0.25) is 0 Å². The van der Waals surface area contributed by atoms with E-state index >= 15 is 0 Å². The number of hydrogen-bond acceptors (Lipinski definition) is 1. The van der Waals surface area contributed by atoms with Crippen molar-refractivity contribution in [2.75, 3.05) is 5.32 Å². The summed E-state index contributed by atoms with van der Waals surface area (Å²) < 4.78 is 72.7. The maximum atomic E-state index is 12.1. The molecule has 0 radical (unpaired) electrons. The van der Waals surface area contributed by atoms with Gasteiger partial charge in [-0.15, -0.1) is 0 Å². The summed E-state index contributed by atoms with van der Waals surface area (Å²) in [5.74, 6) is 0. The number of para-hydroxylation sites is 1. The van der Waals surface area contributed by atoms with Crippen molar-refractivity contribution >= 4 is 5.69 Å². The van der Waals surface area contributed by atoms with Gasteiger partial charge in [0.2, 0.25) is 6.04 Å². The summed E-state index contributed by atoms with van der Waals surface area (Å²) in [6.45, 7) is 0. The Morgan fingerprint density at radius 3 is 1.62 bits per heavy atom. The molecule has 1 N–H and O–H groups in total. The largest absolute Gasteiger partial charge is 0.417 e. The van der Waals surface area contributed by atoms with Crippen LogP contribution in [0, 0.1) is 0 Å². The molecule has 0 aliphatic rings. The van der Waals surface area contributed by atoms with E-state index in [0.717, 1.165) is 12.1 Å². The molecular formula is C9H7F6N. The third-order valence-corrected chi connectivity index (χ3v) is 1.74. The van der Waals surface area contributed by atoms with Crippen LogP contribution in [0.25, 0.3) is 0 Å². The summed E-state index contributed by atoms with van der Waals surface area (Å²) in [6, 6.07) is 2.87. The normalized spacial score (nSPS) is 12.9. The van der Waals surface area contributed by atoms with Crippen molar-refractivity contribution in [1.29, 1.82) is 0 Å². The first kappa shape index (κ1) is 12.7. The van der Waals surface area contributed by atoms with E-state index in [-0.39, 0.29) is 5.69 Å². The fourth-order valence-corrected chi connectivity index (χ4v) is 1.05.